The second-order valence-electron chi connectivity index (χ2n) is 18.0. The number of rotatable bonds is 13. The summed E-state index contributed by atoms with van der Waals surface area (Å²) in [4.78, 5) is 14.3. The van der Waals surface area contributed by atoms with Crippen molar-refractivity contribution >= 4 is 31.5 Å². The van der Waals surface area contributed by atoms with Gasteiger partial charge in [-0.1, -0.05) is 157 Å². The Balaban J connectivity index is 0.00000560. The van der Waals surface area contributed by atoms with E-state index in [0.717, 1.165) is 81.8 Å². The third kappa shape index (κ3) is 10.1. The topological polar surface area (TPSA) is 38.7 Å². The van der Waals surface area contributed by atoms with Crippen molar-refractivity contribution < 1.29 is 20.1 Å². The molecule has 0 N–H and O–H groups in total. The number of hydrogen-bond donors (Lipinski definition) is 0. The van der Waals surface area contributed by atoms with Crippen LogP contribution in [0.1, 0.15) is 22.3 Å². The van der Waals surface area contributed by atoms with E-state index in [4.69, 9.17) is 4.98 Å². The predicted octanol–water partition coefficient (Wildman–Crippen LogP) is 16.9. The summed E-state index contributed by atoms with van der Waals surface area (Å²) in [5.74, 6) is 0. The number of hydrogen-bond acceptors (Lipinski definition) is 4. The van der Waals surface area contributed by atoms with Crippen molar-refractivity contribution in [3.63, 3.8) is 0 Å². The number of benzene rings is 8. The van der Waals surface area contributed by atoms with Crippen LogP contribution in [0, 0.1) is 18.2 Å². The van der Waals surface area contributed by atoms with Gasteiger partial charge in [-0.05, 0) is 99.2 Å². The van der Waals surface area contributed by atoms with Crippen LogP contribution >= 0.6 is 11.3 Å². The Hall–Kier alpha value is -7.92. The smallest absolute Gasteiger partial charge is 0.305 e. The molecule has 12 aromatic rings. The molecule has 0 spiro atoms. The van der Waals surface area contributed by atoms with Gasteiger partial charge in [0, 0.05) is 32.6 Å². The Morgan fingerprint density at radius 2 is 0.875 bits per heavy atom. The first-order chi connectivity index (χ1) is 35.1. The fourth-order valence-corrected chi connectivity index (χ4v) is 10.8. The van der Waals surface area contributed by atoms with Gasteiger partial charge in [-0.2, -0.15) is 0 Å². The molecule has 344 valence electrons. The monoisotopic (exact) mass is 1120 g/mol. The first-order valence-electron chi connectivity index (χ1n) is 24.2. The molecule has 4 heterocycles. The fraction of sp³-hybridized carbons (Fsp3) is 0.0597. The Morgan fingerprint density at radius 3 is 1.50 bits per heavy atom. The summed E-state index contributed by atoms with van der Waals surface area (Å²) in [6.45, 7) is 0. The molecule has 0 amide bonds. The number of pyridine rings is 3. The SMILES string of the molecule is [Ir+3].[c-]1cc(CCc2cc(CCc3c[c-]c(-c4ccccn4)cc3)cc(-c3ccccc3-c3c[c-]c(-c4cc(-c5ccc6c(c5)sc5ccccc56)cc(-c5ccccc5)n4)cc3)c2)ccc1-c1ccccn1. The van der Waals surface area contributed by atoms with E-state index in [-0.39, 0.29) is 20.1 Å². The second-order valence-corrected chi connectivity index (χ2v) is 19.1. The van der Waals surface area contributed by atoms with Crippen LogP contribution in [0.25, 0.3) is 98.6 Å². The van der Waals surface area contributed by atoms with Gasteiger partial charge < -0.3 is 9.97 Å². The second kappa shape index (κ2) is 21.2. The molecule has 0 saturated carbocycles. The van der Waals surface area contributed by atoms with Crippen molar-refractivity contribution in [2.24, 2.45) is 0 Å². The summed E-state index contributed by atoms with van der Waals surface area (Å²) < 4.78 is 2.59. The average Bonchev–Trinajstić information content (AvgIpc) is 3.83. The van der Waals surface area contributed by atoms with E-state index in [0.29, 0.717) is 0 Å². The summed E-state index contributed by atoms with van der Waals surface area (Å²) in [5.41, 5.74) is 19.9. The van der Waals surface area contributed by atoms with E-state index in [9.17, 15) is 0 Å². The normalized spacial score (nSPS) is 11.2. The zero-order chi connectivity index (χ0) is 47.3. The van der Waals surface area contributed by atoms with Gasteiger partial charge in [0.25, 0.3) is 0 Å². The molecule has 0 fully saturated rings. The molecule has 0 unspecified atom stereocenters. The first kappa shape index (κ1) is 46.5. The third-order valence-electron chi connectivity index (χ3n) is 13.3. The fourth-order valence-electron chi connectivity index (χ4n) is 9.61. The zero-order valence-corrected chi connectivity index (χ0v) is 42.6. The maximum Gasteiger partial charge on any atom is 3.00 e. The summed E-state index contributed by atoms with van der Waals surface area (Å²) in [6, 6.07) is 88.5. The third-order valence-corrected chi connectivity index (χ3v) is 14.5. The van der Waals surface area contributed by atoms with Gasteiger partial charge in [0.1, 0.15) is 0 Å². The van der Waals surface area contributed by atoms with Crippen molar-refractivity contribution in [1.82, 2.24) is 15.0 Å². The number of nitrogens with zero attached hydrogens (tertiary/aromatic N) is 3. The minimum atomic E-state index is 0. The Labute approximate surface area is 439 Å². The van der Waals surface area contributed by atoms with Gasteiger partial charge in [-0.25, -0.2) is 0 Å². The van der Waals surface area contributed by atoms with Crippen LogP contribution in [0.3, 0.4) is 0 Å². The summed E-state index contributed by atoms with van der Waals surface area (Å²) in [6.07, 6.45) is 7.29. The van der Waals surface area contributed by atoms with Crippen LogP contribution in [0.15, 0.2) is 231 Å². The standard InChI is InChI=1S/C67H46N3S.Ir/c1-2-12-51(13-3-1)64-43-56(55-36-37-61-60-16-6-7-19-66(60)71-67(61)45-55)44-65(70-64)54-34-32-50(33-35-54)58-14-4-5-15-59(58)57-41-48(22-20-46-24-28-52(29-25-46)62-17-8-10-38-68-62)40-49(42-57)23-21-47-26-30-53(31-27-47)63-18-9-11-39-69-63;/h1-19,24-28,30,32-34,36-45H,20-23H2;/q-3;+3. The van der Waals surface area contributed by atoms with E-state index in [1.807, 2.05) is 60.1 Å². The van der Waals surface area contributed by atoms with Crippen LogP contribution in [0.5, 0.6) is 0 Å². The van der Waals surface area contributed by atoms with Crippen LogP contribution < -0.4 is 0 Å². The van der Waals surface area contributed by atoms with Gasteiger partial charge in [0.2, 0.25) is 0 Å². The molecule has 8 aromatic carbocycles. The van der Waals surface area contributed by atoms with Crippen LogP contribution in [-0.2, 0) is 45.8 Å². The quantitative estimate of drug-likeness (QED) is 0.108. The van der Waals surface area contributed by atoms with E-state index in [2.05, 4.69) is 210 Å². The molecule has 0 aliphatic rings. The molecule has 72 heavy (non-hydrogen) atoms. The molecule has 3 nitrogen and oxygen atoms in total. The maximum absolute atomic E-state index is 5.26. The van der Waals surface area contributed by atoms with E-state index in [1.165, 1.54) is 64.7 Å². The number of aryl methyl sites for hydroxylation is 4. The molecular formula is C67H46IrN3S. The van der Waals surface area contributed by atoms with Crippen LogP contribution in [-0.4, -0.2) is 15.0 Å². The molecular weight excluding hydrogens is 1070 g/mol. The Bertz CT molecular complexity index is 3670. The minimum Gasteiger partial charge on any atom is -0.305 e. The first-order valence-corrected chi connectivity index (χ1v) is 25.0. The molecule has 5 heteroatoms. The van der Waals surface area contributed by atoms with Crippen molar-refractivity contribution in [3.05, 3.63) is 271 Å². The molecule has 0 saturated heterocycles. The van der Waals surface area contributed by atoms with E-state index < -0.39 is 0 Å². The van der Waals surface area contributed by atoms with Crippen molar-refractivity contribution in [2.75, 3.05) is 0 Å². The largest absolute Gasteiger partial charge is 3.00 e. The number of fused-ring (bicyclic) bond motifs is 3. The maximum atomic E-state index is 5.26. The number of thiophene rings is 1. The van der Waals surface area contributed by atoms with E-state index in [1.54, 1.807) is 0 Å². The minimum absolute atomic E-state index is 0. The molecule has 0 aliphatic heterocycles. The summed E-state index contributed by atoms with van der Waals surface area (Å²) >= 11 is 1.85. The average molecular weight is 1120 g/mol. The Kier molecular flexibility index (Phi) is 13.7. The molecule has 12 rings (SSSR count). The molecule has 0 radical (unpaired) electrons. The molecule has 4 aromatic heterocycles. The van der Waals surface area contributed by atoms with Crippen molar-refractivity contribution in [2.45, 2.75) is 25.7 Å². The molecule has 0 atom stereocenters. The molecule has 0 bridgehead atoms. The van der Waals surface area contributed by atoms with Gasteiger partial charge >= 0.3 is 20.1 Å². The van der Waals surface area contributed by atoms with Gasteiger partial charge in [-0.3, -0.25) is 4.98 Å². The zero-order valence-electron chi connectivity index (χ0n) is 39.4. The summed E-state index contributed by atoms with van der Waals surface area (Å²) in [5, 5.41) is 2.60. The van der Waals surface area contributed by atoms with E-state index >= 15 is 0 Å². The number of aromatic nitrogens is 3. The van der Waals surface area contributed by atoms with Gasteiger partial charge in [-0.15, -0.1) is 112 Å². The van der Waals surface area contributed by atoms with Gasteiger partial charge in [0.05, 0.1) is 5.69 Å². The van der Waals surface area contributed by atoms with Crippen molar-refractivity contribution in [1.29, 1.82) is 0 Å². The molecule has 0 aliphatic carbocycles. The van der Waals surface area contributed by atoms with Crippen LogP contribution in [0.4, 0.5) is 0 Å². The van der Waals surface area contributed by atoms with Crippen molar-refractivity contribution in [3.8, 4) is 78.4 Å². The predicted molar refractivity (Wildman–Crippen MR) is 295 cm³/mol. The van der Waals surface area contributed by atoms with Gasteiger partial charge in [0.15, 0.2) is 0 Å². The summed E-state index contributed by atoms with van der Waals surface area (Å²) in [7, 11) is 0. The Morgan fingerprint density at radius 1 is 0.333 bits per heavy atom. The van der Waals surface area contributed by atoms with Crippen LogP contribution in [0.2, 0.25) is 0 Å².